The van der Waals surface area contributed by atoms with Gasteiger partial charge in [0.15, 0.2) is 0 Å². The summed E-state index contributed by atoms with van der Waals surface area (Å²) in [6.07, 6.45) is 1.54. The molecule has 82 valence electrons. The number of aromatic nitrogens is 2. The van der Waals surface area contributed by atoms with Crippen molar-refractivity contribution in [2.75, 3.05) is 6.54 Å². The number of aliphatic carboxylic acids is 1. The number of rotatable bonds is 5. The van der Waals surface area contributed by atoms with Gasteiger partial charge in [0.1, 0.15) is 11.4 Å². The van der Waals surface area contributed by atoms with Gasteiger partial charge in [-0.3, -0.25) is 9.59 Å². The molecule has 0 aromatic carbocycles. The molecule has 0 fully saturated rings. The molecule has 0 bridgehead atoms. The van der Waals surface area contributed by atoms with Gasteiger partial charge >= 0.3 is 5.97 Å². The zero-order valence-corrected chi connectivity index (χ0v) is 9.00. The van der Waals surface area contributed by atoms with Crippen LogP contribution in [0.4, 0.5) is 0 Å². The molecule has 0 saturated carbocycles. The minimum absolute atomic E-state index is 0.387. The van der Waals surface area contributed by atoms with Crippen LogP contribution >= 0.6 is 11.5 Å². The molecule has 0 radical (unpaired) electrons. The van der Waals surface area contributed by atoms with Crippen LogP contribution in [0.5, 0.6) is 0 Å². The van der Waals surface area contributed by atoms with E-state index in [1.54, 1.807) is 0 Å². The Labute approximate surface area is 90.5 Å². The Hall–Kier alpha value is -1.50. The molecule has 1 aromatic heterocycles. The zero-order chi connectivity index (χ0) is 11.3. The van der Waals surface area contributed by atoms with Gasteiger partial charge in [0.05, 0.1) is 5.69 Å². The van der Waals surface area contributed by atoms with Crippen molar-refractivity contribution in [1.29, 1.82) is 0 Å². The topological polar surface area (TPSA) is 92.2 Å². The first-order chi connectivity index (χ1) is 7.15. The third kappa shape index (κ3) is 3.28. The zero-order valence-electron chi connectivity index (χ0n) is 8.19. The highest BCUT2D eigenvalue weighted by Gasteiger charge is 2.15. The fourth-order valence-electron chi connectivity index (χ4n) is 1.02. The van der Waals surface area contributed by atoms with Crippen LogP contribution in [0.1, 0.15) is 28.7 Å². The van der Waals surface area contributed by atoms with Gasteiger partial charge in [0, 0.05) is 0 Å². The van der Waals surface area contributed by atoms with E-state index in [-0.39, 0.29) is 6.54 Å². The third-order valence-corrected chi connectivity index (χ3v) is 2.42. The molecule has 0 atom stereocenters. The summed E-state index contributed by atoms with van der Waals surface area (Å²) in [4.78, 5) is 22.1. The molecular formula is C8H11N3O3S. The van der Waals surface area contributed by atoms with Crippen molar-refractivity contribution in [2.45, 2.75) is 19.8 Å². The number of nitrogens with one attached hydrogen (secondary N) is 1. The average molecular weight is 229 g/mol. The van der Waals surface area contributed by atoms with E-state index < -0.39 is 11.9 Å². The number of hydrogen-bond acceptors (Lipinski definition) is 5. The molecule has 0 aliphatic heterocycles. The van der Waals surface area contributed by atoms with Crippen molar-refractivity contribution < 1.29 is 14.7 Å². The Balaban J connectivity index is 2.64. The maximum absolute atomic E-state index is 11.5. The smallest absolute Gasteiger partial charge is 0.322 e. The monoisotopic (exact) mass is 229 g/mol. The number of carbonyl (C=O) groups is 2. The number of hydrogen-bond donors (Lipinski definition) is 2. The van der Waals surface area contributed by atoms with Gasteiger partial charge in [-0.05, 0) is 18.0 Å². The van der Waals surface area contributed by atoms with Crippen molar-refractivity contribution in [3.05, 3.63) is 10.6 Å². The first-order valence-corrected chi connectivity index (χ1v) is 5.23. The summed E-state index contributed by atoms with van der Waals surface area (Å²) in [5.41, 5.74) is 0.630. The first-order valence-electron chi connectivity index (χ1n) is 4.46. The average Bonchev–Trinajstić information content (AvgIpc) is 2.63. The Bertz CT molecular complexity index is 364. The first kappa shape index (κ1) is 11.6. The second-order valence-electron chi connectivity index (χ2n) is 2.88. The predicted octanol–water partition coefficient (Wildman–Crippen LogP) is 0.305. The summed E-state index contributed by atoms with van der Waals surface area (Å²) in [7, 11) is 0. The van der Waals surface area contributed by atoms with Crippen LogP contribution in [0.3, 0.4) is 0 Å². The van der Waals surface area contributed by atoms with E-state index in [1.165, 1.54) is 0 Å². The Kier molecular flexibility index (Phi) is 4.17. The number of aryl methyl sites for hydroxylation is 1. The van der Waals surface area contributed by atoms with Gasteiger partial charge < -0.3 is 10.4 Å². The van der Waals surface area contributed by atoms with Crippen LogP contribution in [0.15, 0.2) is 0 Å². The molecule has 0 saturated heterocycles. The normalized spacial score (nSPS) is 9.93. The van der Waals surface area contributed by atoms with Gasteiger partial charge in [0.2, 0.25) is 0 Å². The highest BCUT2D eigenvalue weighted by Crippen LogP contribution is 2.11. The molecule has 1 aromatic rings. The molecule has 0 aliphatic rings. The van der Waals surface area contributed by atoms with Crippen molar-refractivity contribution >= 4 is 23.4 Å². The molecule has 1 amide bonds. The van der Waals surface area contributed by atoms with E-state index in [0.29, 0.717) is 17.0 Å². The highest BCUT2D eigenvalue weighted by atomic mass is 32.1. The van der Waals surface area contributed by atoms with Crippen molar-refractivity contribution in [3.63, 3.8) is 0 Å². The van der Waals surface area contributed by atoms with Crippen LogP contribution in [0.2, 0.25) is 0 Å². The molecule has 2 N–H and O–H groups in total. The second kappa shape index (κ2) is 5.40. The van der Waals surface area contributed by atoms with Crippen LogP contribution < -0.4 is 5.32 Å². The fourth-order valence-corrected chi connectivity index (χ4v) is 1.64. The standard InChI is InChI=1S/C8H11N3O3S/c1-2-3-5-7(15-11-10-5)8(14)9-4-6(12)13/h2-4H2,1H3,(H,9,14)(H,12,13). The number of nitrogens with zero attached hydrogens (tertiary/aromatic N) is 2. The molecule has 0 unspecified atom stereocenters. The Morgan fingerprint density at radius 1 is 1.53 bits per heavy atom. The lowest BCUT2D eigenvalue weighted by Crippen LogP contribution is -2.29. The van der Waals surface area contributed by atoms with Crippen LogP contribution in [0, 0.1) is 0 Å². The van der Waals surface area contributed by atoms with Crippen molar-refractivity contribution in [2.24, 2.45) is 0 Å². The maximum atomic E-state index is 11.5. The van der Waals surface area contributed by atoms with E-state index in [4.69, 9.17) is 5.11 Å². The molecule has 1 heterocycles. The summed E-state index contributed by atoms with van der Waals surface area (Å²) < 4.78 is 3.67. The molecular weight excluding hydrogens is 218 g/mol. The summed E-state index contributed by atoms with van der Waals surface area (Å²) in [6.45, 7) is 1.58. The minimum atomic E-state index is -1.07. The molecule has 6 nitrogen and oxygen atoms in total. The number of carboxylic acid groups (broad SMARTS) is 1. The second-order valence-corrected chi connectivity index (χ2v) is 3.63. The van der Waals surface area contributed by atoms with E-state index >= 15 is 0 Å². The summed E-state index contributed by atoms with van der Waals surface area (Å²) in [5, 5.41) is 14.5. The highest BCUT2D eigenvalue weighted by molar-refractivity contribution is 7.08. The predicted molar refractivity (Wildman–Crippen MR) is 53.9 cm³/mol. The van der Waals surface area contributed by atoms with Gasteiger partial charge in [-0.15, -0.1) is 5.10 Å². The van der Waals surface area contributed by atoms with E-state index in [1.807, 2.05) is 6.92 Å². The summed E-state index contributed by atoms with van der Waals surface area (Å²) in [5.74, 6) is -1.49. The van der Waals surface area contributed by atoms with E-state index in [2.05, 4.69) is 14.9 Å². The lowest BCUT2D eigenvalue weighted by atomic mass is 10.2. The lowest BCUT2D eigenvalue weighted by Gasteiger charge is -2.00. The van der Waals surface area contributed by atoms with Gasteiger partial charge in [-0.2, -0.15) is 0 Å². The van der Waals surface area contributed by atoms with Crippen molar-refractivity contribution in [1.82, 2.24) is 14.9 Å². The number of carbonyl (C=O) groups excluding carboxylic acids is 1. The Morgan fingerprint density at radius 2 is 2.27 bits per heavy atom. The molecule has 7 heteroatoms. The number of carboxylic acids is 1. The Morgan fingerprint density at radius 3 is 2.87 bits per heavy atom. The fraction of sp³-hybridized carbons (Fsp3) is 0.500. The van der Waals surface area contributed by atoms with Crippen LogP contribution in [-0.2, 0) is 11.2 Å². The molecule has 0 aliphatic carbocycles. The van der Waals surface area contributed by atoms with Crippen molar-refractivity contribution in [3.8, 4) is 0 Å². The SMILES string of the molecule is CCCc1nnsc1C(=O)NCC(=O)O. The largest absolute Gasteiger partial charge is 0.480 e. The maximum Gasteiger partial charge on any atom is 0.322 e. The quantitative estimate of drug-likeness (QED) is 0.757. The van der Waals surface area contributed by atoms with Gasteiger partial charge in [-0.25, -0.2) is 0 Å². The van der Waals surface area contributed by atoms with E-state index in [0.717, 1.165) is 18.0 Å². The lowest BCUT2D eigenvalue weighted by molar-refractivity contribution is -0.135. The van der Waals surface area contributed by atoms with E-state index in [9.17, 15) is 9.59 Å². The molecule has 0 spiro atoms. The summed E-state index contributed by atoms with van der Waals surface area (Å²) in [6, 6.07) is 0. The van der Waals surface area contributed by atoms with Crippen LogP contribution in [-0.4, -0.2) is 33.1 Å². The summed E-state index contributed by atoms with van der Waals surface area (Å²) >= 11 is 0.983. The molecule has 1 rings (SSSR count). The third-order valence-electron chi connectivity index (χ3n) is 1.65. The minimum Gasteiger partial charge on any atom is -0.480 e. The van der Waals surface area contributed by atoms with Gasteiger partial charge in [0.25, 0.3) is 5.91 Å². The molecule has 15 heavy (non-hydrogen) atoms. The van der Waals surface area contributed by atoms with Crippen LogP contribution in [0.25, 0.3) is 0 Å². The van der Waals surface area contributed by atoms with Gasteiger partial charge in [-0.1, -0.05) is 17.8 Å². The number of amides is 1.